The van der Waals surface area contributed by atoms with Crippen LogP contribution >= 0.6 is 0 Å². The number of aromatic nitrogens is 2. The van der Waals surface area contributed by atoms with Crippen molar-refractivity contribution >= 4 is 11.6 Å². The molecule has 4 rings (SSSR count). The van der Waals surface area contributed by atoms with Gasteiger partial charge in [-0.2, -0.15) is 5.10 Å². The smallest absolute Gasteiger partial charge is 0.231 e. The van der Waals surface area contributed by atoms with E-state index in [2.05, 4.69) is 33.3 Å². The zero-order valence-electron chi connectivity index (χ0n) is 15.3. The number of fused-ring (bicyclic) bond motifs is 1. The molecule has 0 saturated carbocycles. The molecule has 1 fully saturated rings. The first kappa shape index (κ1) is 17.1. The average molecular weight is 354 g/mol. The van der Waals surface area contributed by atoms with E-state index in [-0.39, 0.29) is 11.8 Å². The highest BCUT2D eigenvalue weighted by Crippen LogP contribution is 2.32. The first-order valence-corrected chi connectivity index (χ1v) is 9.42. The third kappa shape index (κ3) is 3.33. The van der Waals surface area contributed by atoms with Crippen molar-refractivity contribution in [3.63, 3.8) is 0 Å². The Balaban J connectivity index is 1.50. The fourth-order valence-electron chi connectivity index (χ4n) is 4.07. The van der Waals surface area contributed by atoms with Crippen LogP contribution in [-0.4, -0.2) is 54.4 Å². The highest BCUT2D eigenvalue weighted by Gasteiger charge is 2.30. The number of hydrogen-bond acceptors (Lipinski definition) is 4. The molecule has 0 bridgehead atoms. The summed E-state index contributed by atoms with van der Waals surface area (Å²) in [6, 6.07) is 8.38. The number of aryl methyl sites for hydroxylation is 1. The molecule has 6 nitrogen and oxygen atoms in total. The van der Waals surface area contributed by atoms with E-state index in [0.29, 0.717) is 6.54 Å². The minimum Gasteiger partial charge on any atom is -0.378 e. The van der Waals surface area contributed by atoms with Gasteiger partial charge in [0, 0.05) is 32.4 Å². The van der Waals surface area contributed by atoms with Crippen molar-refractivity contribution in [3.05, 3.63) is 47.3 Å². The second-order valence-electron chi connectivity index (χ2n) is 7.18. The number of hydrogen-bond donors (Lipinski definition) is 1. The molecule has 1 aliphatic carbocycles. The van der Waals surface area contributed by atoms with Gasteiger partial charge in [-0.05, 0) is 36.5 Å². The number of para-hydroxylation sites is 1. The molecule has 1 N–H and O–H groups in total. The summed E-state index contributed by atoms with van der Waals surface area (Å²) < 4.78 is 5.47. The van der Waals surface area contributed by atoms with Crippen molar-refractivity contribution in [1.82, 2.24) is 15.1 Å². The Kier molecular flexibility index (Phi) is 4.93. The lowest BCUT2D eigenvalue weighted by Gasteiger charge is -2.32. The lowest BCUT2D eigenvalue weighted by atomic mass is 9.87. The Morgan fingerprint density at radius 3 is 3.00 bits per heavy atom. The van der Waals surface area contributed by atoms with Gasteiger partial charge < -0.3 is 14.5 Å². The van der Waals surface area contributed by atoms with E-state index < -0.39 is 0 Å². The molecule has 0 spiro atoms. The fraction of sp³-hybridized carbons (Fsp3) is 0.500. The minimum atomic E-state index is -0.0956. The molecule has 1 unspecified atom stereocenters. The fourth-order valence-corrected chi connectivity index (χ4v) is 4.07. The molecule has 2 heterocycles. The highest BCUT2D eigenvalue weighted by atomic mass is 16.5. The van der Waals surface area contributed by atoms with Gasteiger partial charge in [0.05, 0.1) is 31.0 Å². The number of H-pyrrole nitrogens is 1. The van der Waals surface area contributed by atoms with E-state index in [1.807, 2.05) is 24.2 Å². The predicted molar refractivity (Wildman–Crippen MR) is 100 cm³/mol. The third-order valence-electron chi connectivity index (χ3n) is 5.46. The van der Waals surface area contributed by atoms with E-state index in [9.17, 15) is 4.79 Å². The molecule has 1 aliphatic heterocycles. The molecule has 1 aromatic heterocycles. The van der Waals surface area contributed by atoms with Crippen LogP contribution in [0.2, 0.25) is 0 Å². The normalized spacial score (nSPS) is 19.9. The number of amides is 1. The molecule has 1 amide bonds. The topological polar surface area (TPSA) is 61.5 Å². The predicted octanol–water partition coefficient (Wildman–Crippen LogP) is 2.32. The molecule has 26 heavy (non-hydrogen) atoms. The molecule has 0 radical (unpaired) electrons. The van der Waals surface area contributed by atoms with Crippen LogP contribution in [0.1, 0.15) is 35.6 Å². The summed E-state index contributed by atoms with van der Waals surface area (Å²) in [4.78, 5) is 17.3. The summed E-state index contributed by atoms with van der Waals surface area (Å²) in [7, 11) is 1.91. The molecule has 1 atom stereocenters. The number of ether oxygens (including phenoxy) is 1. The summed E-state index contributed by atoms with van der Waals surface area (Å²) in [5.74, 6) is 0.0776. The van der Waals surface area contributed by atoms with Crippen LogP contribution < -0.4 is 4.90 Å². The standard InChI is InChI=1S/C20H26N4O2/c1-23(20(25)17-7-4-6-15-13-21-22-19(15)17)14-16-5-2-3-8-18(16)24-9-11-26-12-10-24/h2-3,5,8,13,17H,4,6-7,9-12,14H2,1H3,(H,21,22). The van der Waals surface area contributed by atoms with E-state index >= 15 is 0 Å². The number of morpholine rings is 1. The molecule has 138 valence electrons. The number of carbonyl (C=O) groups excluding carboxylic acids is 1. The number of likely N-dealkylation sites (N-methyl/N-ethyl adjacent to an activating group) is 1. The summed E-state index contributed by atoms with van der Waals surface area (Å²) >= 11 is 0. The van der Waals surface area contributed by atoms with Crippen LogP contribution in [0.15, 0.2) is 30.5 Å². The van der Waals surface area contributed by atoms with Crippen molar-refractivity contribution in [3.8, 4) is 0 Å². The largest absolute Gasteiger partial charge is 0.378 e. The Hall–Kier alpha value is -2.34. The van der Waals surface area contributed by atoms with Crippen LogP contribution in [-0.2, 0) is 22.5 Å². The zero-order chi connectivity index (χ0) is 17.9. The van der Waals surface area contributed by atoms with Gasteiger partial charge in [0.1, 0.15) is 0 Å². The number of carbonyl (C=O) groups is 1. The van der Waals surface area contributed by atoms with Gasteiger partial charge in [0.2, 0.25) is 5.91 Å². The van der Waals surface area contributed by atoms with E-state index in [0.717, 1.165) is 51.3 Å². The van der Waals surface area contributed by atoms with Crippen LogP contribution in [0.5, 0.6) is 0 Å². The van der Waals surface area contributed by atoms with Gasteiger partial charge in [-0.1, -0.05) is 18.2 Å². The zero-order valence-corrected chi connectivity index (χ0v) is 15.3. The quantitative estimate of drug-likeness (QED) is 0.915. The summed E-state index contributed by atoms with van der Waals surface area (Å²) in [5, 5.41) is 7.19. The first-order chi connectivity index (χ1) is 12.7. The third-order valence-corrected chi connectivity index (χ3v) is 5.46. The van der Waals surface area contributed by atoms with Gasteiger partial charge in [0.15, 0.2) is 0 Å². The number of rotatable bonds is 4. The van der Waals surface area contributed by atoms with Crippen molar-refractivity contribution in [2.45, 2.75) is 31.7 Å². The van der Waals surface area contributed by atoms with Crippen molar-refractivity contribution in [1.29, 1.82) is 0 Å². The first-order valence-electron chi connectivity index (χ1n) is 9.42. The van der Waals surface area contributed by atoms with Crippen molar-refractivity contribution in [2.24, 2.45) is 0 Å². The maximum atomic E-state index is 13.1. The van der Waals surface area contributed by atoms with Gasteiger partial charge in [-0.15, -0.1) is 0 Å². The Labute approximate surface area is 154 Å². The van der Waals surface area contributed by atoms with E-state index in [1.165, 1.54) is 16.8 Å². The van der Waals surface area contributed by atoms with Crippen molar-refractivity contribution in [2.75, 3.05) is 38.3 Å². The maximum absolute atomic E-state index is 13.1. The second kappa shape index (κ2) is 7.50. The second-order valence-corrected chi connectivity index (χ2v) is 7.18. The molecule has 2 aliphatic rings. The van der Waals surface area contributed by atoms with Crippen LogP contribution in [0.25, 0.3) is 0 Å². The number of benzene rings is 1. The summed E-state index contributed by atoms with van der Waals surface area (Å²) in [5.41, 5.74) is 4.60. The minimum absolute atomic E-state index is 0.0956. The number of nitrogens with zero attached hydrogens (tertiary/aromatic N) is 3. The highest BCUT2D eigenvalue weighted by molar-refractivity contribution is 5.83. The van der Waals surface area contributed by atoms with E-state index in [4.69, 9.17) is 4.74 Å². The van der Waals surface area contributed by atoms with Crippen LogP contribution in [0, 0.1) is 0 Å². The molecule has 1 aromatic carbocycles. The number of anilines is 1. The SMILES string of the molecule is CN(Cc1ccccc1N1CCOCC1)C(=O)C1CCCc2cn[nH]c21. The van der Waals surface area contributed by atoms with Gasteiger partial charge in [-0.25, -0.2) is 0 Å². The molecular formula is C20H26N4O2. The van der Waals surface area contributed by atoms with Gasteiger partial charge in [0.25, 0.3) is 0 Å². The monoisotopic (exact) mass is 354 g/mol. The Bertz CT molecular complexity index is 767. The Morgan fingerprint density at radius 1 is 1.35 bits per heavy atom. The summed E-state index contributed by atoms with van der Waals surface area (Å²) in [6.45, 7) is 3.93. The van der Waals surface area contributed by atoms with Crippen molar-refractivity contribution < 1.29 is 9.53 Å². The lowest BCUT2D eigenvalue weighted by Crippen LogP contribution is -2.38. The van der Waals surface area contributed by atoms with Crippen LogP contribution in [0.3, 0.4) is 0 Å². The number of nitrogens with one attached hydrogen (secondary N) is 1. The molecule has 2 aromatic rings. The summed E-state index contributed by atoms with van der Waals surface area (Å²) in [6.07, 6.45) is 4.81. The van der Waals surface area contributed by atoms with E-state index in [1.54, 1.807) is 0 Å². The Morgan fingerprint density at radius 2 is 2.15 bits per heavy atom. The van der Waals surface area contributed by atoms with Gasteiger partial charge in [-0.3, -0.25) is 9.89 Å². The lowest BCUT2D eigenvalue weighted by molar-refractivity contribution is -0.132. The molecule has 1 saturated heterocycles. The molecular weight excluding hydrogens is 328 g/mol. The number of aromatic amines is 1. The van der Waals surface area contributed by atoms with Gasteiger partial charge >= 0.3 is 0 Å². The average Bonchev–Trinajstić information content (AvgIpc) is 3.17. The maximum Gasteiger partial charge on any atom is 0.231 e. The van der Waals surface area contributed by atoms with Crippen LogP contribution in [0.4, 0.5) is 5.69 Å². The molecule has 6 heteroatoms.